The van der Waals surface area contributed by atoms with Crippen molar-refractivity contribution in [3.63, 3.8) is 0 Å². The first-order valence-electron chi connectivity index (χ1n) is 5.56. The van der Waals surface area contributed by atoms with Crippen molar-refractivity contribution in [3.8, 4) is 0 Å². The molecular formula is C12H18O. The zero-order valence-corrected chi connectivity index (χ0v) is 8.38. The molecule has 0 aliphatic heterocycles. The Balaban J connectivity index is 2.14. The predicted molar refractivity (Wildman–Crippen MR) is 53.4 cm³/mol. The fourth-order valence-electron chi connectivity index (χ4n) is 2.85. The van der Waals surface area contributed by atoms with Crippen LogP contribution in [0.3, 0.4) is 0 Å². The molecule has 2 atom stereocenters. The molecule has 72 valence electrons. The minimum Gasteiger partial charge on any atom is -0.294 e. The maximum atomic E-state index is 11.9. The lowest BCUT2D eigenvalue weighted by Crippen LogP contribution is -2.18. The number of fused-ring (bicyclic) bond motifs is 1. The van der Waals surface area contributed by atoms with Crippen LogP contribution in [0.25, 0.3) is 0 Å². The van der Waals surface area contributed by atoms with Crippen molar-refractivity contribution in [2.45, 2.75) is 45.4 Å². The summed E-state index contributed by atoms with van der Waals surface area (Å²) >= 11 is 0. The Morgan fingerprint density at radius 2 is 2.15 bits per heavy atom. The second-order valence-electron chi connectivity index (χ2n) is 4.36. The largest absolute Gasteiger partial charge is 0.294 e. The molecule has 0 amide bonds. The predicted octanol–water partition coefficient (Wildman–Crippen LogP) is 3.10. The third-order valence-corrected chi connectivity index (χ3v) is 3.49. The van der Waals surface area contributed by atoms with Crippen molar-refractivity contribution in [2.75, 3.05) is 0 Å². The summed E-state index contributed by atoms with van der Waals surface area (Å²) in [7, 11) is 0. The molecule has 0 bridgehead atoms. The Labute approximate surface area is 80.2 Å². The molecule has 0 radical (unpaired) electrons. The van der Waals surface area contributed by atoms with Gasteiger partial charge in [0.25, 0.3) is 0 Å². The topological polar surface area (TPSA) is 17.1 Å². The van der Waals surface area contributed by atoms with Gasteiger partial charge in [-0.15, -0.1) is 0 Å². The zero-order valence-electron chi connectivity index (χ0n) is 8.38. The van der Waals surface area contributed by atoms with Gasteiger partial charge in [0.15, 0.2) is 5.78 Å². The molecule has 0 aromatic heterocycles. The molecule has 0 aromatic rings. The summed E-state index contributed by atoms with van der Waals surface area (Å²) in [4.78, 5) is 11.9. The molecule has 2 saturated carbocycles. The highest BCUT2D eigenvalue weighted by atomic mass is 16.1. The van der Waals surface area contributed by atoms with E-state index in [-0.39, 0.29) is 0 Å². The number of hydrogen-bond donors (Lipinski definition) is 0. The fraction of sp³-hybridized carbons (Fsp3) is 0.750. The van der Waals surface area contributed by atoms with Crippen LogP contribution in [0.4, 0.5) is 0 Å². The Bertz CT molecular complexity index is 240. The second kappa shape index (κ2) is 3.65. The van der Waals surface area contributed by atoms with Gasteiger partial charge in [0.2, 0.25) is 0 Å². The Morgan fingerprint density at radius 1 is 1.38 bits per heavy atom. The van der Waals surface area contributed by atoms with E-state index >= 15 is 0 Å². The zero-order chi connectivity index (χ0) is 9.26. The first-order valence-corrected chi connectivity index (χ1v) is 5.56. The van der Waals surface area contributed by atoms with E-state index < -0.39 is 0 Å². The maximum Gasteiger partial charge on any atom is 0.161 e. The van der Waals surface area contributed by atoms with E-state index in [1.165, 1.54) is 19.3 Å². The van der Waals surface area contributed by atoms with Crippen molar-refractivity contribution in [1.29, 1.82) is 0 Å². The third kappa shape index (κ3) is 1.56. The maximum absolute atomic E-state index is 11.9. The van der Waals surface area contributed by atoms with E-state index in [4.69, 9.17) is 0 Å². The monoisotopic (exact) mass is 178 g/mol. The minimum atomic E-state index is 0.409. The number of Topliss-reactive ketones (excluding diaryl/α,β-unsaturated/α-hetero) is 1. The molecule has 1 nitrogen and oxygen atoms in total. The highest BCUT2D eigenvalue weighted by Gasteiger charge is 2.38. The molecule has 13 heavy (non-hydrogen) atoms. The van der Waals surface area contributed by atoms with Crippen molar-refractivity contribution in [3.05, 3.63) is 11.6 Å². The normalized spacial score (nSPS) is 36.7. The van der Waals surface area contributed by atoms with Crippen LogP contribution in [0.1, 0.15) is 45.4 Å². The quantitative estimate of drug-likeness (QED) is 0.564. The molecule has 0 heterocycles. The van der Waals surface area contributed by atoms with Crippen molar-refractivity contribution < 1.29 is 4.79 Å². The Hall–Kier alpha value is -0.590. The van der Waals surface area contributed by atoms with Gasteiger partial charge in [-0.2, -0.15) is 0 Å². The minimum absolute atomic E-state index is 0.409. The summed E-state index contributed by atoms with van der Waals surface area (Å²) in [6.07, 6.45) is 9.29. The van der Waals surface area contributed by atoms with E-state index in [0.717, 1.165) is 24.8 Å². The highest BCUT2D eigenvalue weighted by molar-refractivity contribution is 5.99. The standard InChI is InChI=1S/C12H18O/c1-2-5-10-8-9-6-3-4-7-11(9)12(10)13/h5,9,11H,2-4,6-8H2,1H3/b10-5+. The number of ketones is 1. The van der Waals surface area contributed by atoms with Crippen molar-refractivity contribution in [1.82, 2.24) is 0 Å². The van der Waals surface area contributed by atoms with Crippen LogP contribution in [0.5, 0.6) is 0 Å². The smallest absolute Gasteiger partial charge is 0.161 e. The van der Waals surface area contributed by atoms with Gasteiger partial charge in [0.05, 0.1) is 0 Å². The average Bonchev–Trinajstić information content (AvgIpc) is 2.46. The molecule has 0 saturated heterocycles. The molecule has 2 fully saturated rings. The number of allylic oxidation sites excluding steroid dienone is 2. The van der Waals surface area contributed by atoms with Gasteiger partial charge in [0, 0.05) is 5.92 Å². The van der Waals surface area contributed by atoms with Gasteiger partial charge in [-0.3, -0.25) is 4.79 Å². The summed E-state index contributed by atoms with van der Waals surface area (Å²) in [6, 6.07) is 0. The van der Waals surface area contributed by atoms with Gasteiger partial charge < -0.3 is 0 Å². The van der Waals surface area contributed by atoms with E-state index in [0.29, 0.717) is 17.6 Å². The van der Waals surface area contributed by atoms with Gasteiger partial charge in [0.1, 0.15) is 0 Å². The average molecular weight is 178 g/mol. The lowest BCUT2D eigenvalue weighted by atomic mass is 9.81. The molecule has 0 aromatic carbocycles. The number of carbonyl (C=O) groups is 1. The van der Waals surface area contributed by atoms with Crippen LogP contribution < -0.4 is 0 Å². The van der Waals surface area contributed by atoms with Crippen molar-refractivity contribution >= 4 is 5.78 Å². The van der Waals surface area contributed by atoms with Crippen LogP contribution >= 0.6 is 0 Å². The number of rotatable bonds is 1. The molecule has 2 aliphatic carbocycles. The highest BCUT2D eigenvalue weighted by Crippen LogP contribution is 2.42. The Kier molecular flexibility index (Phi) is 2.52. The van der Waals surface area contributed by atoms with Gasteiger partial charge in [-0.05, 0) is 37.2 Å². The van der Waals surface area contributed by atoms with Crippen LogP contribution in [0.2, 0.25) is 0 Å². The van der Waals surface area contributed by atoms with Crippen LogP contribution in [-0.2, 0) is 4.79 Å². The summed E-state index contributed by atoms with van der Waals surface area (Å²) in [5.41, 5.74) is 1.14. The number of hydrogen-bond acceptors (Lipinski definition) is 1. The summed E-state index contributed by atoms with van der Waals surface area (Å²) in [6.45, 7) is 2.11. The van der Waals surface area contributed by atoms with E-state index in [1.807, 2.05) is 0 Å². The number of carbonyl (C=O) groups excluding carboxylic acids is 1. The molecule has 2 aliphatic rings. The second-order valence-corrected chi connectivity index (χ2v) is 4.36. The summed E-state index contributed by atoms with van der Waals surface area (Å²) in [5, 5.41) is 0. The summed E-state index contributed by atoms with van der Waals surface area (Å²) < 4.78 is 0. The van der Waals surface area contributed by atoms with E-state index in [2.05, 4.69) is 13.0 Å². The van der Waals surface area contributed by atoms with Gasteiger partial charge in [-0.1, -0.05) is 25.8 Å². The summed E-state index contributed by atoms with van der Waals surface area (Å²) in [5.74, 6) is 1.59. The molecule has 0 N–H and O–H groups in total. The molecule has 2 unspecified atom stereocenters. The molecule has 2 rings (SSSR count). The first-order chi connectivity index (χ1) is 6.33. The van der Waals surface area contributed by atoms with Gasteiger partial charge >= 0.3 is 0 Å². The van der Waals surface area contributed by atoms with Crippen LogP contribution in [0, 0.1) is 11.8 Å². The molecular weight excluding hydrogens is 160 g/mol. The van der Waals surface area contributed by atoms with Crippen LogP contribution in [-0.4, -0.2) is 5.78 Å². The Morgan fingerprint density at radius 3 is 2.85 bits per heavy atom. The van der Waals surface area contributed by atoms with Crippen LogP contribution in [0.15, 0.2) is 11.6 Å². The fourth-order valence-corrected chi connectivity index (χ4v) is 2.85. The molecule has 1 heteroatoms. The van der Waals surface area contributed by atoms with E-state index in [1.54, 1.807) is 0 Å². The van der Waals surface area contributed by atoms with Gasteiger partial charge in [-0.25, -0.2) is 0 Å². The van der Waals surface area contributed by atoms with Crippen molar-refractivity contribution in [2.24, 2.45) is 11.8 Å². The third-order valence-electron chi connectivity index (χ3n) is 3.49. The first kappa shape index (κ1) is 8.98. The van der Waals surface area contributed by atoms with E-state index in [9.17, 15) is 4.79 Å². The lowest BCUT2D eigenvalue weighted by molar-refractivity contribution is -0.119. The molecule has 0 spiro atoms. The lowest BCUT2D eigenvalue weighted by Gasteiger charge is -2.22. The SMILES string of the molecule is CC/C=C1\CC2CCCCC2C1=O.